The molecule has 1 heterocycles. The molecule has 0 N–H and O–H groups in total. The van der Waals surface area contributed by atoms with Crippen molar-refractivity contribution in [2.45, 2.75) is 0 Å². The SMILES string of the molecule is CN(C(=O)c1ccc2c3c(ccc(C=O)c13)C(=O)N(c1ccc(C#N)c(C#N)c1)C2=O)c1ccc(C#N)c(C#N)c1. The molecule has 0 bridgehead atoms. The van der Waals surface area contributed by atoms with Crippen LogP contribution in [0.1, 0.15) is 63.7 Å². The predicted molar refractivity (Wildman–Crippen MR) is 145 cm³/mol. The van der Waals surface area contributed by atoms with Crippen LogP contribution >= 0.6 is 0 Å². The highest BCUT2D eigenvalue weighted by Gasteiger charge is 2.36. The Bertz CT molecular complexity index is 2030. The van der Waals surface area contributed by atoms with Gasteiger partial charge in [0.25, 0.3) is 17.7 Å². The summed E-state index contributed by atoms with van der Waals surface area (Å²) in [6, 6.07) is 21.4. The molecule has 0 saturated heterocycles. The van der Waals surface area contributed by atoms with E-state index < -0.39 is 17.7 Å². The van der Waals surface area contributed by atoms with E-state index >= 15 is 0 Å². The van der Waals surface area contributed by atoms with Gasteiger partial charge in [-0.25, -0.2) is 4.90 Å². The second-order valence-corrected chi connectivity index (χ2v) is 8.95. The lowest BCUT2D eigenvalue weighted by molar-refractivity contribution is 0.0891. The zero-order valence-electron chi connectivity index (χ0n) is 21.2. The third-order valence-corrected chi connectivity index (χ3v) is 6.86. The van der Waals surface area contributed by atoms with Crippen molar-refractivity contribution in [3.8, 4) is 24.3 Å². The fraction of sp³-hybridized carbons (Fsp3) is 0.0323. The highest BCUT2D eigenvalue weighted by atomic mass is 16.2. The molecular formula is C31H14N6O4. The molecular weight excluding hydrogens is 520 g/mol. The van der Waals surface area contributed by atoms with Gasteiger partial charge in [-0.3, -0.25) is 19.2 Å². The number of hydrogen-bond acceptors (Lipinski definition) is 8. The number of amides is 3. The average Bonchev–Trinajstić information content (AvgIpc) is 3.01. The molecule has 0 aromatic heterocycles. The van der Waals surface area contributed by atoms with Crippen molar-refractivity contribution in [1.82, 2.24) is 0 Å². The zero-order valence-corrected chi connectivity index (χ0v) is 21.2. The van der Waals surface area contributed by atoms with E-state index in [1.165, 1.54) is 72.6 Å². The van der Waals surface area contributed by atoms with Gasteiger partial charge in [-0.1, -0.05) is 6.07 Å². The molecule has 0 unspecified atom stereocenters. The number of benzene rings is 4. The molecule has 1 aliphatic heterocycles. The maximum Gasteiger partial charge on any atom is 0.265 e. The van der Waals surface area contributed by atoms with Gasteiger partial charge in [0, 0.05) is 45.8 Å². The molecule has 5 rings (SSSR count). The average molecular weight is 534 g/mol. The van der Waals surface area contributed by atoms with Crippen molar-refractivity contribution < 1.29 is 19.2 Å². The standard InChI is InChI=1S/C31H14N6O4/c1-36(22-5-2-17(12-32)20(10-22)14-34)29(39)24-8-9-26-28-25(7-4-19(16-38)27(24)28)30(40)37(31(26)41)23-6-3-18(13-33)21(11-23)15-35/h2-11,16H,1H3. The Labute approximate surface area is 232 Å². The third-order valence-electron chi connectivity index (χ3n) is 6.86. The summed E-state index contributed by atoms with van der Waals surface area (Å²) < 4.78 is 0. The normalized spacial score (nSPS) is 11.7. The minimum Gasteiger partial charge on any atom is -0.311 e. The molecule has 3 amide bonds. The Morgan fingerprint density at radius 3 is 1.88 bits per heavy atom. The Balaban J connectivity index is 1.67. The summed E-state index contributed by atoms with van der Waals surface area (Å²) in [5, 5.41) is 37.5. The predicted octanol–water partition coefficient (Wildman–Crippen LogP) is 4.22. The number of aldehydes is 1. The summed E-state index contributed by atoms with van der Waals surface area (Å²) in [6.07, 6.45) is 0.524. The molecule has 0 fully saturated rings. The van der Waals surface area contributed by atoms with Crippen molar-refractivity contribution in [2.75, 3.05) is 16.8 Å². The molecule has 0 saturated carbocycles. The van der Waals surface area contributed by atoms with E-state index in [1.807, 2.05) is 24.3 Å². The van der Waals surface area contributed by atoms with Crippen LogP contribution in [-0.2, 0) is 0 Å². The Hall–Kier alpha value is -6.62. The number of hydrogen-bond donors (Lipinski definition) is 0. The van der Waals surface area contributed by atoms with Gasteiger partial charge in [-0.05, 0) is 54.6 Å². The first-order valence-electron chi connectivity index (χ1n) is 11.9. The number of rotatable bonds is 4. The number of anilines is 2. The Kier molecular flexibility index (Phi) is 6.30. The fourth-order valence-corrected chi connectivity index (χ4v) is 4.81. The highest BCUT2D eigenvalue weighted by molar-refractivity contribution is 6.37. The molecule has 41 heavy (non-hydrogen) atoms. The van der Waals surface area contributed by atoms with Gasteiger partial charge in [-0.15, -0.1) is 0 Å². The lowest BCUT2D eigenvalue weighted by atomic mass is 9.88. The first kappa shape index (κ1) is 26.0. The summed E-state index contributed by atoms with van der Waals surface area (Å²) in [4.78, 5) is 55.2. The van der Waals surface area contributed by atoms with E-state index in [0.717, 1.165) is 4.90 Å². The second-order valence-electron chi connectivity index (χ2n) is 8.95. The summed E-state index contributed by atoms with van der Waals surface area (Å²) in [5.41, 5.74) is 0.939. The van der Waals surface area contributed by atoms with Crippen molar-refractivity contribution in [1.29, 1.82) is 21.0 Å². The van der Waals surface area contributed by atoms with Gasteiger partial charge in [0.1, 0.15) is 24.3 Å². The molecule has 0 aliphatic carbocycles. The number of nitriles is 4. The van der Waals surface area contributed by atoms with Crippen molar-refractivity contribution >= 4 is 46.2 Å². The van der Waals surface area contributed by atoms with Crippen molar-refractivity contribution in [3.05, 3.63) is 105 Å². The Morgan fingerprint density at radius 1 is 0.732 bits per heavy atom. The van der Waals surface area contributed by atoms with Crippen LogP contribution in [0.15, 0.2) is 60.7 Å². The van der Waals surface area contributed by atoms with E-state index in [0.29, 0.717) is 12.0 Å². The van der Waals surface area contributed by atoms with Crippen LogP contribution in [0, 0.1) is 45.3 Å². The maximum atomic E-state index is 13.7. The van der Waals surface area contributed by atoms with Gasteiger partial charge in [-0.2, -0.15) is 21.0 Å². The number of nitrogens with zero attached hydrogens (tertiary/aromatic N) is 6. The van der Waals surface area contributed by atoms with Crippen LogP contribution in [0.2, 0.25) is 0 Å². The summed E-state index contributed by atoms with van der Waals surface area (Å²) >= 11 is 0. The number of imide groups is 1. The zero-order chi connectivity index (χ0) is 29.4. The largest absolute Gasteiger partial charge is 0.311 e. The first-order valence-corrected chi connectivity index (χ1v) is 11.9. The maximum absolute atomic E-state index is 13.7. The highest BCUT2D eigenvalue weighted by Crippen LogP contribution is 2.37. The lowest BCUT2D eigenvalue weighted by Crippen LogP contribution is -2.40. The second kappa shape index (κ2) is 9.93. The summed E-state index contributed by atoms with van der Waals surface area (Å²) in [6.45, 7) is 0. The Morgan fingerprint density at radius 2 is 1.29 bits per heavy atom. The van der Waals surface area contributed by atoms with Gasteiger partial charge < -0.3 is 4.90 Å². The van der Waals surface area contributed by atoms with Crippen LogP contribution in [0.5, 0.6) is 0 Å². The molecule has 0 radical (unpaired) electrons. The molecule has 4 aromatic rings. The van der Waals surface area contributed by atoms with E-state index in [9.17, 15) is 40.2 Å². The van der Waals surface area contributed by atoms with E-state index in [4.69, 9.17) is 0 Å². The smallest absolute Gasteiger partial charge is 0.265 e. The first-order chi connectivity index (χ1) is 19.8. The monoisotopic (exact) mass is 534 g/mol. The quantitative estimate of drug-likeness (QED) is 0.277. The molecule has 0 atom stereocenters. The van der Waals surface area contributed by atoms with E-state index in [2.05, 4.69) is 0 Å². The van der Waals surface area contributed by atoms with Crippen molar-refractivity contribution in [3.63, 3.8) is 0 Å². The van der Waals surface area contributed by atoms with Gasteiger partial charge >= 0.3 is 0 Å². The van der Waals surface area contributed by atoms with Crippen LogP contribution in [0.25, 0.3) is 10.8 Å². The lowest BCUT2D eigenvalue weighted by Gasteiger charge is -2.29. The van der Waals surface area contributed by atoms with E-state index in [1.54, 1.807) is 0 Å². The molecule has 192 valence electrons. The molecule has 4 aromatic carbocycles. The van der Waals surface area contributed by atoms with Crippen LogP contribution in [-0.4, -0.2) is 31.1 Å². The van der Waals surface area contributed by atoms with Gasteiger partial charge in [0.05, 0.1) is 27.9 Å². The van der Waals surface area contributed by atoms with Crippen LogP contribution in [0.4, 0.5) is 11.4 Å². The number of carbonyl (C=O) groups excluding carboxylic acids is 4. The number of carbonyl (C=O) groups is 4. The van der Waals surface area contributed by atoms with Gasteiger partial charge in [0.2, 0.25) is 0 Å². The summed E-state index contributed by atoms with van der Waals surface area (Å²) in [7, 11) is 1.45. The van der Waals surface area contributed by atoms with Crippen LogP contribution < -0.4 is 9.80 Å². The minimum absolute atomic E-state index is 0.0100. The molecule has 10 nitrogen and oxygen atoms in total. The summed E-state index contributed by atoms with van der Waals surface area (Å²) in [5.74, 6) is -2.05. The van der Waals surface area contributed by atoms with Crippen LogP contribution in [0.3, 0.4) is 0 Å². The van der Waals surface area contributed by atoms with Crippen molar-refractivity contribution in [2.24, 2.45) is 0 Å². The van der Waals surface area contributed by atoms with Gasteiger partial charge in [0.15, 0.2) is 6.29 Å². The fourth-order valence-electron chi connectivity index (χ4n) is 4.81. The minimum atomic E-state index is -0.734. The molecule has 0 spiro atoms. The molecule has 1 aliphatic rings. The third kappa shape index (κ3) is 3.94. The van der Waals surface area contributed by atoms with E-state index in [-0.39, 0.29) is 61.0 Å². The topological polar surface area (TPSA) is 170 Å². The molecule has 10 heteroatoms.